The second-order valence-corrected chi connectivity index (χ2v) is 6.25. The van der Waals surface area contributed by atoms with Gasteiger partial charge in [0.15, 0.2) is 5.79 Å². The third kappa shape index (κ3) is 4.95. The Kier molecular flexibility index (Phi) is 5.81. The number of hydrogen-bond donors (Lipinski definition) is 2. The van der Waals surface area contributed by atoms with Crippen LogP contribution in [0.4, 0.5) is 0 Å². The Morgan fingerprint density at radius 1 is 1.50 bits per heavy atom. The van der Waals surface area contributed by atoms with Gasteiger partial charge in [0.2, 0.25) is 5.91 Å². The first kappa shape index (κ1) is 17.2. The fraction of sp³-hybridized carbons (Fsp3) is 0.562. The van der Waals surface area contributed by atoms with E-state index in [1.807, 2.05) is 18.2 Å². The van der Waals surface area contributed by atoms with Gasteiger partial charge in [-0.15, -0.1) is 0 Å². The summed E-state index contributed by atoms with van der Waals surface area (Å²) in [4.78, 5) is 11.8. The van der Waals surface area contributed by atoms with Crippen LogP contribution in [0.1, 0.15) is 32.3 Å². The standard InChI is InChI=1S/C16H22ClNO4/c1-16(2)21-10-14(22-16)13(19)7-8-15(20)18-9-11-5-3-4-6-12(11)17/h3-6,13-14,19H,7-10H2,1-2H3,(H,18,20)/t13-,14-/m0/s1. The molecule has 0 saturated carbocycles. The molecular weight excluding hydrogens is 306 g/mol. The monoisotopic (exact) mass is 327 g/mol. The Bertz CT molecular complexity index is 521. The van der Waals surface area contributed by atoms with Crippen molar-refractivity contribution in [3.8, 4) is 0 Å². The van der Waals surface area contributed by atoms with Gasteiger partial charge in [-0.05, 0) is 31.9 Å². The first-order valence-corrected chi connectivity index (χ1v) is 7.75. The van der Waals surface area contributed by atoms with Gasteiger partial charge in [-0.3, -0.25) is 4.79 Å². The van der Waals surface area contributed by atoms with Gasteiger partial charge in [0, 0.05) is 18.0 Å². The highest BCUT2D eigenvalue weighted by Gasteiger charge is 2.36. The van der Waals surface area contributed by atoms with E-state index in [0.717, 1.165) is 5.56 Å². The highest BCUT2D eigenvalue weighted by atomic mass is 35.5. The van der Waals surface area contributed by atoms with E-state index in [4.69, 9.17) is 21.1 Å². The summed E-state index contributed by atoms with van der Waals surface area (Å²) in [5.74, 6) is -0.796. The molecule has 22 heavy (non-hydrogen) atoms. The zero-order valence-corrected chi connectivity index (χ0v) is 13.6. The number of amides is 1. The smallest absolute Gasteiger partial charge is 0.220 e. The van der Waals surface area contributed by atoms with E-state index < -0.39 is 11.9 Å². The van der Waals surface area contributed by atoms with Crippen LogP contribution in [0.2, 0.25) is 5.02 Å². The molecule has 1 heterocycles. The van der Waals surface area contributed by atoms with Crippen molar-refractivity contribution < 1.29 is 19.4 Å². The zero-order valence-electron chi connectivity index (χ0n) is 12.8. The van der Waals surface area contributed by atoms with Crippen LogP contribution in [0.25, 0.3) is 0 Å². The molecular formula is C16H22ClNO4. The largest absolute Gasteiger partial charge is 0.390 e. The average Bonchev–Trinajstić information content (AvgIpc) is 2.84. The van der Waals surface area contributed by atoms with Gasteiger partial charge < -0.3 is 19.9 Å². The Labute approximate surface area is 135 Å². The molecule has 2 N–H and O–H groups in total. The van der Waals surface area contributed by atoms with Crippen molar-refractivity contribution in [3.63, 3.8) is 0 Å². The minimum absolute atomic E-state index is 0.128. The highest BCUT2D eigenvalue weighted by Crippen LogP contribution is 2.25. The van der Waals surface area contributed by atoms with Crippen molar-refractivity contribution in [1.29, 1.82) is 0 Å². The molecule has 1 amide bonds. The molecule has 1 aromatic rings. The number of ether oxygens (including phenoxy) is 2. The maximum atomic E-state index is 11.8. The first-order valence-electron chi connectivity index (χ1n) is 7.37. The third-order valence-corrected chi connectivity index (χ3v) is 3.93. The number of aliphatic hydroxyl groups is 1. The second kappa shape index (κ2) is 7.42. The van der Waals surface area contributed by atoms with Gasteiger partial charge in [0.1, 0.15) is 6.10 Å². The van der Waals surface area contributed by atoms with E-state index in [2.05, 4.69) is 5.32 Å². The molecule has 0 unspecified atom stereocenters. The normalized spacial score (nSPS) is 21.5. The van der Waals surface area contributed by atoms with Gasteiger partial charge >= 0.3 is 0 Å². The summed E-state index contributed by atoms with van der Waals surface area (Å²) in [7, 11) is 0. The van der Waals surface area contributed by atoms with Gasteiger partial charge in [0.05, 0.1) is 12.7 Å². The minimum Gasteiger partial charge on any atom is -0.390 e. The van der Waals surface area contributed by atoms with E-state index in [9.17, 15) is 9.90 Å². The molecule has 0 radical (unpaired) electrons. The van der Waals surface area contributed by atoms with Gasteiger partial charge in [-0.2, -0.15) is 0 Å². The predicted molar refractivity (Wildman–Crippen MR) is 83.4 cm³/mol. The summed E-state index contributed by atoms with van der Waals surface area (Å²) in [6.45, 7) is 4.33. The van der Waals surface area contributed by atoms with E-state index >= 15 is 0 Å². The Balaban J connectivity index is 1.71. The fourth-order valence-electron chi connectivity index (χ4n) is 2.29. The maximum Gasteiger partial charge on any atom is 0.220 e. The number of halogens is 1. The van der Waals surface area contributed by atoms with Crippen LogP contribution >= 0.6 is 11.6 Å². The van der Waals surface area contributed by atoms with E-state index in [1.54, 1.807) is 19.9 Å². The summed E-state index contributed by atoms with van der Waals surface area (Å²) < 4.78 is 11.0. The molecule has 2 rings (SSSR count). The fourth-order valence-corrected chi connectivity index (χ4v) is 2.50. The van der Waals surface area contributed by atoms with Crippen LogP contribution in [-0.2, 0) is 20.8 Å². The van der Waals surface area contributed by atoms with Crippen LogP contribution < -0.4 is 5.32 Å². The number of carbonyl (C=O) groups excluding carboxylic acids is 1. The zero-order chi connectivity index (χ0) is 16.2. The summed E-state index contributed by atoms with van der Waals surface area (Å²) in [5, 5.41) is 13.5. The Hall–Kier alpha value is -1.14. The predicted octanol–water partition coefficient (Wildman–Crippen LogP) is 2.25. The van der Waals surface area contributed by atoms with Crippen molar-refractivity contribution in [2.75, 3.05) is 6.61 Å². The lowest BCUT2D eigenvalue weighted by atomic mass is 10.1. The highest BCUT2D eigenvalue weighted by molar-refractivity contribution is 6.31. The average molecular weight is 328 g/mol. The molecule has 0 aromatic heterocycles. The van der Waals surface area contributed by atoms with Gasteiger partial charge in [0.25, 0.3) is 0 Å². The van der Waals surface area contributed by atoms with E-state index in [0.29, 0.717) is 24.6 Å². The molecule has 0 aliphatic carbocycles. The lowest BCUT2D eigenvalue weighted by Gasteiger charge is -2.20. The molecule has 1 fully saturated rings. The molecule has 1 aromatic carbocycles. The molecule has 0 bridgehead atoms. The number of rotatable bonds is 6. The Morgan fingerprint density at radius 3 is 2.86 bits per heavy atom. The topological polar surface area (TPSA) is 67.8 Å². The summed E-state index contributed by atoms with van der Waals surface area (Å²) >= 11 is 6.03. The van der Waals surface area contributed by atoms with Crippen molar-refractivity contribution in [2.45, 2.75) is 51.2 Å². The van der Waals surface area contributed by atoms with Crippen LogP contribution in [0, 0.1) is 0 Å². The van der Waals surface area contributed by atoms with Crippen molar-refractivity contribution in [1.82, 2.24) is 5.32 Å². The molecule has 122 valence electrons. The van der Waals surface area contributed by atoms with Crippen molar-refractivity contribution in [3.05, 3.63) is 34.9 Å². The summed E-state index contributed by atoms with van der Waals surface area (Å²) in [6.07, 6.45) is -0.538. The lowest BCUT2D eigenvalue weighted by molar-refractivity contribution is -0.151. The van der Waals surface area contributed by atoms with E-state index in [1.165, 1.54) is 0 Å². The van der Waals surface area contributed by atoms with Crippen LogP contribution in [0.5, 0.6) is 0 Å². The lowest BCUT2D eigenvalue weighted by Crippen LogP contribution is -2.32. The van der Waals surface area contributed by atoms with Gasteiger partial charge in [-0.25, -0.2) is 0 Å². The minimum atomic E-state index is -0.715. The molecule has 2 atom stereocenters. The van der Waals surface area contributed by atoms with E-state index in [-0.39, 0.29) is 18.4 Å². The third-order valence-electron chi connectivity index (χ3n) is 3.56. The second-order valence-electron chi connectivity index (χ2n) is 5.84. The number of carbonyl (C=O) groups is 1. The van der Waals surface area contributed by atoms with Crippen LogP contribution in [-0.4, -0.2) is 35.6 Å². The number of benzene rings is 1. The number of aliphatic hydroxyl groups excluding tert-OH is 1. The van der Waals surface area contributed by atoms with Crippen LogP contribution in [0.15, 0.2) is 24.3 Å². The SMILES string of the molecule is CC1(C)OC[C@@H]([C@@H](O)CCC(=O)NCc2ccccc2Cl)O1. The van der Waals surface area contributed by atoms with Crippen LogP contribution in [0.3, 0.4) is 0 Å². The molecule has 6 heteroatoms. The molecule has 1 aliphatic rings. The van der Waals surface area contributed by atoms with Crippen molar-refractivity contribution in [2.24, 2.45) is 0 Å². The number of nitrogens with one attached hydrogen (secondary N) is 1. The summed E-state index contributed by atoms with van der Waals surface area (Å²) in [5.41, 5.74) is 0.868. The first-order chi connectivity index (χ1) is 10.4. The summed E-state index contributed by atoms with van der Waals surface area (Å²) in [6, 6.07) is 7.36. The number of hydrogen-bond acceptors (Lipinski definition) is 4. The quantitative estimate of drug-likeness (QED) is 0.841. The molecule has 5 nitrogen and oxygen atoms in total. The molecule has 1 saturated heterocycles. The Morgan fingerprint density at radius 2 is 2.23 bits per heavy atom. The maximum absolute atomic E-state index is 11.8. The molecule has 1 aliphatic heterocycles. The van der Waals surface area contributed by atoms with Crippen molar-refractivity contribution >= 4 is 17.5 Å². The molecule has 0 spiro atoms. The van der Waals surface area contributed by atoms with Gasteiger partial charge in [-0.1, -0.05) is 29.8 Å².